The van der Waals surface area contributed by atoms with Gasteiger partial charge in [-0.05, 0) is 25.7 Å². The molecule has 0 radical (unpaired) electrons. The highest BCUT2D eigenvalue weighted by Crippen LogP contribution is 2.51. The molecule has 6 nitrogen and oxygen atoms in total. The fourth-order valence-corrected chi connectivity index (χ4v) is 4.05. The van der Waals surface area contributed by atoms with Crippen molar-refractivity contribution in [1.29, 1.82) is 0 Å². The highest BCUT2D eigenvalue weighted by atomic mass is 16.5. The zero-order chi connectivity index (χ0) is 16.3. The van der Waals surface area contributed by atoms with Gasteiger partial charge in [-0.1, -0.05) is 13.8 Å². The average molecular weight is 320 g/mol. The lowest BCUT2D eigenvalue weighted by Gasteiger charge is -2.59. The molecule has 0 spiro atoms. The van der Waals surface area contributed by atoms with Crippen molar-refractivity contribution in [2.24, 2.45) is 11.3 Å². The number of amides is 2. The standard InChI is InChI=1S/C17H28N4O2/c1-17(2)14(13-6-5-11-23-15(13)17)20-16(22)19-7-3-4-9-21-10-8-18-12-21/h8,10,12-15H,3-7,9,11H2,1-2H3,(H2,19,20,22)/t13-,14-,15+/m1/s1. The van der Waals surface area contributed by atoms with E-state index in [-0.39, 0.29) is 17.5 Å². The van der Waals surface area contributed by atoms with Gasteiger partial charge in [0, 0.05) is 49.5 Å². The Morgan fingerprint density at radius 3 is 3.09 bits per heavy atom. The van der Waals surface area contributed by atoms with E-state index in [2.05, 4.69) is 34.0 Å². The van der Waals surface area contributed by atoms with E-state index < -0.39 is 0 Å². The van der Waals surface area contributed by atoms with Crippen molar-refractivity contribution in [2.75, 3.05) is 13.2 Å². The maximum absolute atomic E-state index is 12.1. The Balaban J connectivity index is 1.34. The van der Waals surface area contributed by atoms with Gasteiger partial charge >= 0.3 is 6.03 Å². The number of rotatable bonds is 6. The van der Waals surface area contributed by atoms with Gasteiger partial charge in [0.05, 0.1) is 12.4 Å². The molecule has 0 aromatic carbocycles. The van der Waals surface area contributed by atoms with Crippen LogP contribution in [-0.2, 0) is 11.3 Å². The third kappa shape index (κ3) is 3.52. The maximum atomic E-state index is 12.1. The minimum absolute atomic E-state index is 0.0316. The SMILES string of the molecule is CC1(C)[C@H](NC(=O)NCCCCn2ccnc2)[C@H]2CCCO[C@@H]21. The lowest BCUT2D eigenvalue weighted by Crippen LogP contribution is -2.70. The van der Waals surface area contributed by atoms with Crippen LogP contribution in [0.5, 0.6) is 0 Å². The fourth-order valence-electron chi connectivity index (χ4n) is 4.05. The summed E-state index contributed by atoms with van der Waals surface area (Å²) < 4.78 is 7.93. The molecule has 0 unspecified atom stereocenters. The van der Waals surface area contributed by atoms with Crippen LogP contribution >= 0.6 is 0 Å². The minimum Gasteiger partial charge on any atom is -0.377 e. The quantitative estimate of drug-likeness (QED) is 0.789. The lowest BCUT2D eigenvalue weighted by molar-refractivity contribution is -0.189. The zero-order valence-corrected chi connectivity index (χ0v) is 14.1. The summed E-state index contributed by atoms with van der Waals surface area (Å²) in [5, 5.41) is 6.14. The van der Waals surface area contributed by atoms with Gasteiger partial charge in [0.2, 0.25) is 0 Å². The van der Waals surface area contributed by atoms with Crippen molar-refractivity contribution in [3.05, 3.63) is 18.7 Å². The second-order valence-electron chi connectivity index (χ2n) is 7.30. The molecule has 23 heavy (non-hydrogen) atoms. The van der Waals surface area contributed by atoms with E-state index in [4.69, 9.17) is 4.74 Å². The number of ether oxygens (including phenoxy) is 1. The van der Waals surface area contributed by atoms with Crippen LogP contribution in [-0.4, -0.2) is 40.9 Å². The summed E-state index contributed by atoms with van der Waals surface area (Å²) in [4.78, 5) is 16.1. The Kier molecular flexibility index (Phi) is 4.90. The number of aryl methyl sites for hydroxylation is 1. The van der Waals surface area contributed by atoms with Gasteiger partial charge in [-0.3, -0.25) is 0 Å². The molecule has 128 valence electrons. The molecular weight excluding hydrogens is 292 g/mol. The molecule has 2 N–H and O–H groups in total. The summed E-state index contributed by atoms with van der Waals surface area (Å²) in [7, 11) is 0. The largest absolute Gasteiger partial charge is 0.377 e. The van der Waals surface area contributed by atoms with Crippen LogP contribution in [0.25, 0.3) is 0 Å². The first-order chi connectivity index (χ1) is 11.1. The topological polar surface area (TPSA) is 68.2 Å². The van der Waals surface area contributed by atoms with E-state index >= 15 is 0 Å². The number of fused-ring (bicyclic) bond motifs is 1. The summed E-state index contributed by atoms with van der Waals surface area (Å²) in [6.07, 6.45) is 10.1. The van der Waals surface area contributed by atoms with Crippen LogP contribution in [0.15, 0.2) is 18.7 Å². The first kappa shape index (κ1) is 16.3. The number of unbranched alkanes of at least 4 members (excludes halogenated alkanes) is 1. The van der Waals surface area contributed by atoms with Crippen LogP contribution in [0.3, 0.4) is 0 Å². The molecule has 2 heterocycles. The van der Waals surface area contributed by atoms with Gasteiger partial charge in [-0.2, -0.15) is 0 Å². The lowest BCUT2D eigenvalue weighted by atomic mass is 9.55. The number of hydrogen-bond acceptors (Lipinski definition) is 3. The molecule has 2 amide bonds. The summed E-state index contributed by atoms with van der Waals surface area (Å²) in [6, 6.07) is 0.175. The molecule has 1 saturated carbocycles. The van der Waals surface area contributed by atoms with E-state index in [1.165, 1.54) is 0 Å². The molecule has 1 aromatic rings. The molecule has 0 bridgehead atoms. The van der Waals surface area contributed by atoms with Crippen LogP contribution in [0.4, 0.5) is 4.79 Å². The van der Waals surface area contributed by atoms with Gasteiger partial charge in [0.1, 0.15) is 0 Å². The van der Waals surface area contributed by atoms with E-state index in [0.29, 0.717) is 18.6 Å². The predicted molar refractivity (Wildman–Crippen MR) is 88.0 cm³/mol. The van der Waals surface area contributed by atoms with Gasteiger partial charge in [-0.15, -0.1) is 0 Å². The van der Waals surface area contributed by atoms with Crippen molar-refractivity contribution in [2.45, 2.75) is 58.2 Å². The van der Waals surface area contributed by atoms with Crippen LogP contribution in [0.2, 0.25) is 0 Å². The smallest absolute Gasteiger partial charge is 0.315 e. The third-order valence-corrected chi connectivity index (χ3v) is 5.31. The fraction of sp³-hybridized carbons (Fsp3) is 0.765. The van der Waals surface area contributed by atoms with Crippen LogP contribution in [0, 0.1) is 11.3 Å². The highest BCUT2D eigenvalue weighted by molar-refractivity contribution is 5.74. The second kappa shape index (κ2) is 6.91. The number of hydrogen-bond donors (Lipinski definition) is 2. The molecule has 6 heteroatoms. The Morgan fingerprint density at radius 1 is 1.43 bits per heavy atom. The Morgan fingerprint density at radius 2 is 2.30 bits per heavy atom. The van der Waals surface area contributed by atoms with Gasteiger partial charge < -0.3 is 19.9 Å². The van der Waals surface area contributed by atoms with E-state index in [9.17, 15) is 4.79 Å². The van der Waals surface area contributed by atoms with Crippen LogP contribution in [0.1, 0.15) is 39.5 Å². The maximum Gasteiger partial charge on any atom is 0.315 e. The summed E-state index contributed by atoms with van der Waals surface area (Å²) >= 11 is 0. The van der Waals surface area contributed by atoms with Crippen LogP contribution < -0.4 is 10.6 Å². The number of aromatic nitrogens is 2. The van der Waals surface area contributed by atoms with Crippen molar-refractivity contribution >= 4 is 6.03 Å². The molecule has 1 aliphatic carbocycles. The molecule has 1 aliphatic heterocycles. The Hall–Kier alpha value is -1.56. The summed E-state index contributed by atoms with van der Waals surface area (Å²) in [5.74, 6) is 0.478. The molecule has 1 saturated heterocycles. The third-order valence-electron chi connectivity index (χ3n) is 5.31. The van der Waals surface area contributed by atoms with Crippen molar-refractivity contribution < 1.29 is 9.53 Å². The monoisotopic (exact) mass is 320 g/mol. The zero-order valence-electron chi connectivity index (χ0n) is 14.1. The first-order valence-electron chi connectivity index (χ1n) is 8.71. The van der Waals surface area contributed by atoms with Gasteiger partial charge in [-0.25, -0.2) is 9.78 Å². The number of carbonyl (C=O) groups is 1. The Bertz CT molecular complexity index is 515. The van der Waals surface area contributed by atoms with E-state index in [0.717, 1.165) is 38.8 Å². The minimum atomic E-state index is -0.0465. The molecule has 3 atom stereocenters. The van der Waals surface area contributed by atoms with E-state index in [1.807, 2.05) is 12.5 Å². The summed E-state index contributed by atoms with van der Waals surface area (Å²) in [5.41, 5.74) is 0.0316. The second-order valence-corrected chi connectivity index (χ2v) is 7.30. The first-order valence-corrected chi connectivity index (χ1v) is 8.71. The number of nitrogens with zero attached hydrogens (tertiary/aromatic N) is 2. The van der Waals surface area contributed by atoms with Crippen molar-refractivity contribution in [3.63, 3.8) is 0 Å². The van der Waals surface area contributed by atoms with Crippen molar-refractivity contribution in [3.8, 4) is 0 Å². The highest BCUT2D eigenvalue weighted by Gasteiger charge is 2.58. The molecule has 2 aliphatic rings. The molecule has 3 rings (SSSR count). The van der Waals surface area contributed by atoms with Gasteiger partial charge in [0.15, 0.2) is 0 Å². The van der Waals surface area contributed by atoms with Crippen molar-refractivity contribution in [1.82, 2.24) is 20.2 Å². The number of nitrogens with one attached hydrogen (secondary N) is 2. The molecule has 1 aromatic heterocycles. The average Bonchev–Trinajstić information content (AvgIpc) is 3.06. The number of imidazole rings is 1. The molecule has 2 fully saturated rings. The number of carbonyl (C=O) groups excluding carboxylic acids is 1. The van der Waals surface area contributed by atoms with Gasteiger partial charge in [0.25, 0.3) is 0 Å². The molecular formula is C17H28N4O2. The Labute approximate surface area is 138 Å². The normalized spacial score (nSPS) is 28.5. The predicted octanol–water partition coefficient (Wildman–Crippen LogP) is 2.17. The van der Waals surface area contributed by atoms with E-state index in [1.54, 1.807) is 6.20 Å². The summed E-state index contributed by atoms with van der Waals surface area (Å²) in [6.45, 7) is 6.89. The number of urea groups is 1.